The first kappa shape index (κ1) is 16.3. The number of hydrogen-bond donors (Lipinski definition) is 2. The van der Waals surface area contributed by atoms with Gasteiger partial charge in [-0.25, -0.2) is 4.39 Å². The number of nitrogens with zero attached hydrogens (tertiary/aromatic N) is 2. The number of H-pyrrole nitrogens is 1. The zero-order chi connectivity index (χ0) is 18.1. The molecule has 1 atom stereocenters. The van der Waals surface area contributed by atoms with Gasteiger partial charge in [-0.1, -0.05) is 24.3 Å². The van der Waals surface area contributed by atoms with Crippen LogP contribution in [0.3, 0.4) is 0 Å². The average molecular weight is 352 g/mol. The molecule has 0 radical (unpaired) electrons. The summed E-state index contributed by atoms with van der Waals surface area (Å²) in [6, 6.07) is 13.6. The van der Waals surface area contributed by atoms with Crippen LogP contribution < -0.4 is 10.2 Å². The molecule has 26 heavy (non-hydrogen) atoms. The Bertz CT molecular complexity index is 984. The van der Waals surface area contributed by atoms with Crippen molar-refractivity contribution >= 4 is 28.5 Å². The number of aromatic amines is 1. The molecule has 2 amide bonds. The normalized spacial score (nSPS) is 17.0. The van der Waals surface area contributed by atoms with E-state index in [0.717, 1.165) is 10.9 Å². The molecule has 1 fully saturated rings. The first-order valence-corrected chi connectivity index (χ1v) is 8.37. The molecule has 3 aromatic rings. The van der Waals surface area contributed by atoms with Gasteiger partial charge in [-0.3, -0.25) is 19.6 Å². The molecule has 7 heteroatoms. The molecule has 1 aliphatic heterocycles. The number of rotatable bonds is 4. The fraction of sp³-hybridized carbons (Fsp3) is 0.211. The van der Waals surface area contributed by atoms with Crippen molar-refractivity contribution in [1.82, 2.24) is 15.5 Å². The van der Waals surface area contributed by atoms with Crippen molar-refractivity contribution in [2.75, 3.05) is 11.4 Å². The Morgan fingerprint density at radius 3 is 2.96 bits per heavy atom. The van der Waals surface area contributed by atoms with Gasteiger partial charge in [0.2, 0.25) is 11.8 Å². The number of para-hydroxylation sites is 1. The third-order valence-electron chi connectivity index (χ3n) is 4.56. The fourth-order valence-electron chi connectivity index (χ4n) is 3.22. The summed E-state index contributed by atoms with van der Waals surface area (Å²) in [5, 5.41) is 10.8. The lowest BCUT2D eigenvalue weighted by Crippen LogP contribution is -2.32. The van der Waals surface area contributed by atoms with E-state index in [2.05, 4.69) is 15.5 Å². The largest absolute Gasteiger partial charge is 0.352 e. The van der Waals surface area contributed by atoms with E-state index in [1.54, 1.807) is 17.0 Å². The van der Waals surface area contributed by atoms with Gasteiger partial charge in [-0.15, -0.1) is 0 Å². The summed E-state index contributed by atoms with van der Waals surface area (Å²) in [5.74, 6) is -0.597. The number of aromatic nitrogens is 2. The van der Waals surface area contributed by atoms with E-state index in [4.69, 9.17) is 0 Å². The second-order valence-corrected chi connectivity index (χ2v) is 6.35. The molecule has 2 N–H and O–H groups in total. The molecule has 0 bridgehead atoms. The zero-order valence-corrected chi connectivity index (χ0v) is 13.9. The van der Waals surface area contributed by atoms with Gasteiger partial charge in [-0.2, -0.15) is 5.10 Å². The van der Waals surface area contributed by atoms with Gasteiger partial charge in [0.05, 0.1) is 11.4 Å². The van der Waals surface area contributed by atoms with E-state index in [9.17, 15) is 14.0 Å². The monoisotopic (exact) mass is 352 g/mol. The number of benzene rings is 2. The minimum atomic E-state index is -0.452. The van der Waals surface area contributed by atoms with Gasteiger partial charge in [0.1, 0.15) is 5.82 Å². The van der Waals surface area contributed by atoms with E-state index >= 15 is 0 Å². The Hall–Kier alpha value is -3.22. The maximum absolute atomic E-state index is 13.2. The predicted octanol–water partition coefficient (Wildman–Crippen LogP) is 2.37. The molecule has 0 saturated carbocycles. The Labute approximate surface area is 149 Å². The summed E-state index contributed by atoms with van der Waals surface area (Å²) in [4.78, 5) is 26.4. The van der Waals surface area contributed by atoms with Gasteiger partial charge in [0, 0.05) is 24.9 Å². The molecule has 1 unspecified atom stereocenters. The Balaban J connectivity index is 1.45. The number of halogens is 1. The molecule has 2 aromatic carbocycles. The number of amides is 2. The van der Waals surface area contributed by atoms with Crippen molar-refractivity contribution in [2.45, 2.75) is 13.0 Å². The van der Waals surface area contributed by atoms with Gasteiger partial charge in [-0.05, 0) is 29.8 Å². The Morgan fingerprint density at radius 2 is 2.12 bits per heavy atom. The molecule has 2 heterocycles. The lowest BCUT2D eigenvalue weighted by molar-refractivity contribution is -0.126. The summed E-state index contributed by atoms with van der Waals surface area (Å²) in [5.41, 5.74) is 1.52. The van der Waals surface area contributed by atoms with Crippen LogP contribution >= 0.6 is 0 Å². The highest BCUT2D eigenvalue weighted by Gasteiger charge is 2.36. The highest BCUT2D eigenvalue weighted by atomic mass is 19.1. The molecule has 132 valence electrons. The van der Waals surface area contributed by atoms with Crippen molar-refractivity contribution in [3.8, 4) is 0 Å². The molecule has 1 aromatic heterocycles. The van der Waals surface area contributed by atoms with Gasteiger partial charge < -0.3 is 5.32 Å². The first-order valence-electron chi connectivity index (χ1n) is 8.37. The van der Waals surface area contributed by atoms with Crippen molar-refractivity contribution in [2.24, 2.45) is 5.92 Å². The second kappa shape index (κ2) is 6.59. The van der Waals surface area contributed by atoms with Crippen LogP contribution in [0.15, 0.2) is 48.5 Å². The molecular formula is C19H17FN4O2. The maximum atomic E-state index is 13.2. The van der Waals surface area contributed by atoms with E-state index in [-0.39, 0.29) is 37.1 Å². The predicted molar refractivity (Wildman–Crippen MR) is 94.8 cm³/mol. The second-order valence-electron chi connectivity index (χ2n) is 6.35. The lowest BCUT2D eigenvalue weighted by Gasteiger charge is -2.14. The van der Waals surface area contributed by atoms with Crippen molar-refractivity contribution in [3.05, 3.63) is 59.9 Å². The topological polar surface area (TPSA) is 78.1 Å². The van der Waals surface area contributed by atoms with Crippen LogP contribution in [-0.4, -0.2) is 28.6 Å². The minimum absolute atomic E-state index is 0.131. The van der Waals surface area contributed by atoms with Gasteiger partial charge in [0.25, 0.3) is 0 Å². The van der Waals surface area contributed by atoms with Crippen molar-refractivity contribution in [1.29, 1.82) is 0 Å². The van der Waals surface area contributed by atoms with E-state index in [1.165, 1.54) is 12.1 Å². The molecule has 1 aliphatic rings. The summed E-state index contributed by atoms with van der Waals surface area (Å²) in [6.07, 6.45) is 0.135. The van der Waals surface area contributed by atoms with Gasteiger partial charge >= 0.3 is 0 Å². The van der Waals surface area contributed by atoms with Crippen LogP contribution in [0, 0.1) is 11.7 Å². The quantitative estimate of drug-likeness (QED) is 0.757. The van der Waals surface area contributed by atoms with Crippen LogP contribution in [0.1, 0.15) is 12.0 Å². The fourth-order valence-corrected chi connectivity index (χ4v) is 3.22. The van der Waals surface area contributed by atoms with Crippen LogP contribution in [-0.2, 0) is 16.1 Å². The molecule has 0 aliphatic carbocycles. The van der Waals surface area contributed by atoms with Crippen molar-refractivity contribution < 1.29 is 14.0 Å². The molecule has 1 saturated heterocycles. The molecular weight excluding hydrogens is 335 g/mol. The Kier molecular flexibility index (Phi) is 4.12. The van der Waals surface area contributed by atoms with Crippen molar-refractivity contribution in [3.63, 3.8) is 0 Å². The highest BCUT2D eigenvalue weighted by molar-refractivity contribution is 6.05. The van der Waals surface area contributed by atoms with E-state index in [0.29, 0.717) is 11.4 Å². The third-order valence-corrected chi connectivity index (χ3v) is 4.56. The van der Waals surface area contributed by atoms with E-state index < -0.39 is 5.92 Å². The van der Waals surface area contributed by atoms with Crippen LogP contribution in [0.4, 0.5) is 10.2 Å². The lowest BCUT2D eigenvalue weighted by atomic mass is 10.1. The number of anilines is 1. The van der Waals surface area contributed by atoms with Crippen LogP contribution in [0.25, 0.3) is 10.9 Å². The number of carbonyl (C=O) groups is 2. The zero-order valence-electron chi connectivity index (χ0n) is 13.9. The SMILES string of the molecule is O=C(NCc1cccc(F)c1)C1CC(=O)N(c2n[nH]c3ccccc23)C1. The molecule has 4 rings (SSSR count). The summed E-state index contributed by atoms with van der Waals surface area (Å²) in [7, 11) is 0. The van der Waals surface area contributed by atoms with Crippen LogP contribution in [0.5, 0.6) is 0 Å². The maximum Gasteiger partial charge on any atom is 0.229 e. The average Bonchev–Trinajstić information content (AvgIpc) is 3.23. The number of carbonyl (C=O) groups excluding carboxylic acids is 2. The number of nitrogens with one attached hydrogen (secondary N) is 2. The summed E-state index contributed by atoms with van der Waals surface area (Å²) >= 11 is 0. The summed E-state index contributed by atoms with van der Waals surface area (Å²) in [6.45, 7) is 0.509. The minimum Gasteiger partial charge on any atom is -0.352 e. The highest BCUT2D eigenvalue weighted by Crippen LogP contribution is 2.29. The molecule has 0 spiro atoms. The number of fused-ring (bicyclic) bond motifs is 1. The van der Waals surface area contributed by atoms with E-state index in [1.807, 2.05) is 24.3 Å². The van der Waals surface area contributed by atoms with Gasteiger partial charge in [0.15, 0.2) is 5.82 Å². The summed E-state index contributed by atoms with van der Waals surface area (Å²) < 4.78 is 13.2. The first-order chi connectivity index (χ1) is 12.6. The molecule has 6 nitrogen and oxygen atoms in total. The standard InChI is InChI=1S/C19H17FN4O2/c20-14-5-3-4-12(8-14)10-21-19(26)13-9-17(25)24(11-13)18-15-6-1-2-7-16(15)22-23-18/h1-8,13H,9-11H2,(H,21,26)(H,22,23). The smallest absolute Gasteiger partial charge is 0.229 e. The number of hydrogen-bond acceptors (Lipinski definition) is 3. The third kappa shape index (κ3) is 3.03. The van der Waals surface area contributed by atoms with Crippen LogP contribution in [0.2, 0.25) is 0 Å². The Morgan fingerprint density at radius 1 is 1.27 bits per heavy atom.